The number of fused-ring (bicyclic) bond motifs is 1. The van der Waals surface area contributed by atoms with E-state index in [1.807, 2.05) is 6.20 Å². The van der Waals surface area contributed by atoms with Crippen LogP contribution in [-0.2, 0) is 22.5 Å². The summed E-state index contributed by atoms with van der Waals surface area (Å²) < 4.78 is 7.10. The monoisotopic (exact) mass is 236 g/mol. The number of ether oxygens (including phenoxy) is 1. The van der Waals surface area contributed by atoms with Gasteiger partial charge in [-0.3, -0.25) is 4.79 Å². The standard InChI is InChI=1S/C13H20N2O2/c1-9(2)11-8-14-12-5-4-10(13(16)17-3)6-7-15(11)12/h8-10H,4-7H2,1-3H3/t10-/m1/s1. The molecule has 0 N–H and O–H groups in total. The first-order valence-electron chi connectivity index (χ1n) is 6.25. The molecular weight excluding hydrogens is 216 g/mol. The highest BCUT2D eigenvalue weighted by Crippen LogP contribution is 2.24. The van der Waals surface area contributed by atoms with Crippen LogP contribution < -0.4 is 0 Å². The zero-order chi connectivity index (χ0) is 12.4. The van der Waals surface area contributed by atoms with Crippen molar-refractivity contribution in [3.63, 3.8) is 0 Å². The number of hydrogen-bond acceptors (Lipinski definition) is 3. The summed E-state index contributed by atoms with van der Waals surface area (Å²) >= 11 is 0. The lowest BCUT2D eigenvalue weighted by Gasteiger charge is -2.13. The zero-order valence-corrected chi connectivity index (χ0v) is 10.8. The normalized spacial score (nSPS) is 19.9. The lowest BCUT2D eigenvalue weighted by atomic mass is 10.0. The van der Waals surface area contributed by atoms with Crippen molar-refractivity contribution in [3.05, 3.63) is 17.7 Å². The van der Waals surface area contributed by atoms with Gasteiger partial charge in [-0.1, -0.05) is 13.8 Å². The number of imidazole rings is 1. The number of rotatable bonds is 2. The second-order valence-electron chi connectivity index (χ2n) is 4.95. The number of carbonyl (C=O) groups is 1. The minimum absolute atomic E-state index is 0.0294. The lowest BCUT2D eigenvalue weighted by molar-refractivity contribution is -0.145. The molecule has 0 bridgehead atoms. The molecule has 0 fully saturated rings. The summed E-state index contributed by atoms with van der Waals surface area (Å²) in [5.41, 5.74) is 1.27. The van der Waals surface area contributed by atoms with Gasteiger partial charge >= 0.3 is 5.97 Å². The molecule has 0 aromatic carbocycles. The highest BCUT2D eigenvalue weighted by atomic mass is 16.5. The van der Waals surface area contributed by atoms with Gasteiger partial charge in [0.25, 0.3) is 0 Å². The Labute approximate surface area is 102 Å². The molecule has 1 aliphatic heterocycles. The molecule has 94 valence electrons. The molecule has 2 heterocycles. The number of aryl methyl sites for hydroxylation is 1. The Kier molecular flexibility index (Phi) is 3.50. The molecule has 0 unspecified atom stereocenters. The Balaban J connectivity index is 2.16. The van der Waals surface area contributed by atoms with E-state index in [9.17, 15) is 4.79 Å². The summed E-state index contributed by atoms with van der Waals surface area (Å²) in [6.07, 6.45) is 4.54. The van der Waals surface area contributed by atoms with E-state index in [1.54, 1.807) is 0 Å². The molecule has 0 radical (unpaired) electrons. The molecule has 0 spiro atoms. The van der Waals surface area contributed by atoms with E-state index < -0.39 is 0 Å². The van der Waals surface area contributed by atoms with Gasteiger partial charge in [-0.15, -0.1) is 0 Å². The largest absolute Gasteiger partial charge is 0.469 e. The average molecular weight is 236 g/mol. The summed E-state index contributed by atoms with van der Waals surface area (Å²) in [5, 5.41) is 0. The van der Waals surface area contributed by atoms with E-state index in [0.717, 1.165) is 31.6 Å². The summed E-state index contributed by atoms with van der Waals surface area (Å²) in [6.45, 7) is 5.22. The number of hydrogen-bond donors (Lipinski definition) is 0. The maximum atomic E-state index is 11.6. The number of esters is 1. The quantitative estimate of drug-likeness (QED) is 0.739. The minimum Gasteiger partial charge on any atom is -0.469 e. The van der Waals surface area contributed by atoms with E-state index in [-0.39, 0.29) is 11.9 Å². The van der Waals surface area contributed by atoms with E-state index >= 15 is 0 Å². The Morgan fingerprint density at radius 2 is 2.29 bits per heavy atom. The molecule has 0 saturated carbocycles. The van der Waals surface area contributed by atoms with Crippen molar-refractivity contribution < 1.29 is 9.53 Å². The summed E-state index contributed by atoms with van der Waals surface area (Å²) in [7, 11) is 1.46. The van der Waals surface area contributed by atoms with E-state index in [2.05, 4.69) is 23.4 Å². The van der Waals surface area contributed by atoms with Crippen LogP contribution in [0, 0.1) is 5.92 Å². The van der Waals surface area contributed by atoms with Crippen LogP contribution in [0.3, 0.4) is 0 Å². The van der Waals surface area contributed by atoms with Crippen LogP contribution in [-0.4, -0.2) is 22.6 Å². The SMILES string of the molecule is COC(=O)[C@@H]1CCc2ncc(C(C)C)n2CC1. The first-order chi connectivity index (χ1) is 8.13. The predicted molar refractivity (Wildman–Crippen MR) is 64.8 cm³/mol. The molecule has 4 heteroatoms. The third kappa shape index (κ3) is 2.35. The van der Waals surface area contributed by atoms with Crippen LogP contribution >= 0.6 is 0 Å². The van der Waals surface area contributed by atoms with Gasteiger partial charge in [-0.05, 0) is 18.8 Å². The van der Waals surface area contributed by atoms with Gasteiger partial charge in [0.05, 0.1) is 13.0 Å². The second-order valence-corrected chi connectivity index (χ2v) is 4.95. The smallest absolute Gasteiger partial charge is 0.308 e. The number of nitrogens with zero attached hydrogens (tertiary/aromatic N) is 2. The van der Waals surface area contributed by atoms with Crippen molar-refractivity contribution >= 4 is 5.97 Å². The molecule has 4 nitrogen and oxygen atoms in total. The van der Waals surface area contributed by atoms with Gasteiger partial charge in [0, 0.05) is 24.9 Å². The van der Waals surface area contributed by atoms with Gasteiger partial charge in [-0.2, -0.15) is 0 Å². The Morgan fingerprint density at radius 1 is 1.53 bits per heavy atom. The van der Waals surface area contributed by atoms with Crippen LogP contribution in [0.1, 0.15) is 44.1 Å². The summed E-state index contributed by atoms with van der Waals surface area (Å²) in [4.78, 5) is 16.0. The third-order valence-electron chi connectivity index (χ3n) is 3.51. The molecule has 17 heavy (non-hydrogen) atoms. The van der Waals surface area contributed by atoms with Crippen molar-refractivity contribution in [2.45, 2.75) is 45.6 Å². The highest BCUT2D eigenvalue weighted by molar-refractivity contribution is 5.72. The van der Waals surface area contributed by atoms with Crippen molar-refractivity contribution in [2.75, 3.05) is 7.11 Å². The second kappa shape index (κ2) is 4.90. The fourth-order valence-electron chi connectivity index (χ4n) is 2.48. The van der Waals surface area contributed by atoms with E-state index in [1.165, 1.54) is 12.8 Å². The zero-order valence-electron chi connectivity index (χ0n) is 10.8. The number of methoxy groups -OCH3 is 1. The average Bonchev–Trinajstić information content (AvgIpc) is 2.61. The molecule has 0 amide bonds. The fraction of sp³-hybridized carbons (Fsp3) is 0.692. The Hall–Kier alpha value is -1.32. The van der Waals surface area contributed by atoms with E-state index in [4.69, 9.17) is 4.74 Å². The summed E-state index contributed by atoms with van der Waals surface area (Å²) in [6, 6.07) is 0. The van der Waals surface area contributed by atoms with Gasteiger partial charge < -0.3 is 9.30 Å². The van der Waals surface area contributed by atoms with Crippen molar-refractivity contribution in [1.29, 1.82) is 0 Å². The molecule has 1 aliphatic rings. The minimum atomic E-state index is -0.0816. The molecule has 0 aliphatic carbocycles. The van der Waals surface area contributed by atoms with Gasteiger partial charge in [-0.25, -0.2) is 4.98 Å². The molecule has 1 aromatic heterocycles. The van der Waals surface area contributed by atoms with Crippen LogP contribution in [0.25, 0.3) is 0 Å². The maximum absolute atomic E-state index is 11.6. The van der Waals surface area contributed by atoms with Crippen LogP contribution in [0.4, 0.5) is 0 Å². The lowest BCUT2D eigenvalue weighted by Crippen LogP contribution is -2.17. The predicted octanol–water partition coefficient (Wildman–Crippen LogP) is 2.13. The van der Waals surface area contributed by atoms with Gasteiger partial charge in [0.15, 0.2) is 0 Å². The topological polar surface area (TPSA) is 44.1 Å². The van der Waals surface area contributed by atoms with Crippen LogP contribution in [0.2, 0.25) is 0 Å². The van der Waals surface area contributed by atoms with Gasteiger partial charge in [0.1, 0.15) is 5.82 Å². The van der Waals surface area contributed by atoms with E-state index in [0.29, 0.717) is 5.92 Å². The highest BCUT2D eigenvalue weighted by Gasteiger charge is 2.25. The van der Waals surface area contributed by atoms with Crippen molar-refractivity contribution in [3.8, 4) is 0 Å². The molecular formula is C13H20N2O2. The fourth-order valence-corrected chi connectivity index (χ4v) is 2.48. The summed E-state index contributed by atoms with van der Waals surface area (Å²) in [5.74, 6) is 1.54. The number of aromatic nitrogens is 2. The molecule has 1 atom stereocenters. The molecule has 2 rings (SSSR count). The maximum Gasteiger partial charge on any atom is 0.308 e. The van der Waals surface area contributed by atoms with Crippen molar-refractivity contribution in [2.24, 2.45) is 5.92 Å². The Bertz CT molecular complexity index is 410. The van der Waals surface area contributed by atoms with Crippen LogP contribution in [0.15, 0.2) is 6.20 Å². The number of carbonyl (C=O) groups excluding carboxylic acids is 1. The first-order valence-corrected chi connectivity index (χ1v) is 6.25. The van der Waals surface area contributed by atoms with Crippen LogP contribution in [0.5, 0.6) is 0 Å². The first kappa shape index (κ1) is 12.1. The molecule has 1 aromatic rings. The third-order valence-corrected chi connectivity index (χ3v) is 3.51. The Morgan fingerprint density at radius 3 is 2.94 bits per heavy atom. The van der Waals surface area contributed by atoms with Gasteiger partial charge in [0.2, 0.25) is 0 Å². The molecule has 0 saturated heterocycles. The van der Waals surface area contributed by atoms with Crippen molar-refractivity contribution in [1.82, 2.24) is 9.55 Å².